The Hall–Kier alpha value is -1.48. The Kier molecular flexibility index (Phi) is 38.4. The number of methoxy groups -OCH3 is 1. The molecule has 0 fully saturated rings. The number of ether oxygens (including phenoxy) is 2. The first-order chi connectivity index (χ1) is 19.1. The van der Waals surface area contributed by atoms with Crippen molar-refractivity contribution in [1.82, 2.24) is 0 Å². The summed E-state index contributed by atoms with van der Waals surface area (Å²) in [6.07, 6.45) is 10.8. The van der Waals surface area contributed by atoms with Gasteiger partial charge in [0.1, 0.15) is 0 Å². The molecule has 0 amide bonds. The molecule has 4 N–H and O–H groups in total. The van der Waals surface area contributed by atoms with Crippen LogP contribution in [0.25, 0.3) is 0 Å². The fourth-order valence-electron chi connectivity index (χ4n) is 4.24. The maximum absolute atomic E-state index is 11.0. The van der Waals surface area contributed by atoms with Crippen LogP contribution in [0, 0.1) is 23.7 Å². The van der Waals surface area contributed by atoms with Gasteiger partial charge in [0.25, 0.3) is 0 Å². The maximum atomic E-state index is 11.0. The van der Waals surface area contributed by atoms with E-state index < -0.39 is 0 Å². The smallest absolute Gasteiger partial charge is 0.330 e. The van der Waals surface area contributed by atoms with Gasteiger partial charge in [-0.2, -0.15) is 0 Å². The average Bonchev–Trinajstić information content (AvgIpc) is 2.99. The van der Waals surface area contributed by atoms with Crippen molar-refractivity contribution < 1.29 is 39.5 Å². The summed E-state index contributed by atoms with van der Waals surface area (Å²) in [5.41, 5.74) is 0. The van der Waals surface area contributed by atoms with Gasteiger partial charge in [0.15, 0.2) is 0 Å². The van der Waals surface area contributed by atoms with E-state index in [9.17, 15) is 19.8 Å². The number of carbonyl (C=O) groups is 2. The summed E-state index contributed by atoms with van der Waals surface area (Å²) < 4.78 is 9.35. The van der Waals surface area contributed by atoms with Gasteiger partial charge in [0.2, 0.25) is 0 Å². The highest BCUT2D eigenvalue weighted by Gasteiger charge is 2.22. The predicted octanol–water partition coefficient (Wildman–Crippen LogP) is 6.08. The lowest BCUT2D eigenvalue weighted by molar-refractivity contribution is -0.140. The lowest BCUT2D eigenvalue weighted by atomic mass is 9.86. The van der Waals surface area contributed by atoms with Gasteiger partial charge in [0, 0.05) is 26.2 Å². The summed E-state index contributed by atoms with van der Waals surface area (Å²) in [7, 11) is 2.38. The zero-order valence-corrected chi connectivity index (χ0v) is 27.4. The second kappa shape index (κ2) is 33.7. The second-order valence-corrected chi connectivity index (χ2v) is 10.0. The van der Waals surface area contributed by atoms with Gasteiger partial charge < -0.3 is 29.9 Å². The molecule has 0 aliphatic rings. The Morgan fingerprint density at radius 3 is 1.45 bits per heavy atom. The Morgan fingerprint density at radius 1 is 0.775 bits per heavy atom. The van der Waals surface area contributed by atoms with Gasteiger partial charge in [-0.1, -0.05) is 93.6 Å². The van der Waals surface area contributed by atoms with Gasteiger partial charge in [0.05, 0.1) is 25.9 Å². The third kappa shape index (κ3) is 26.7. The minimum absolute atomic E-state index is 0.157. The van der Waals surface area contributed by atoms with Crippen molar-refractivity contribution in [2.24, 2.45) is 23.7 Å². The van der Waals surface area contributed by atoms with Crippen LogP contribution in [0.5, 0.6) is 0 Å². The molecule has 0 saturated carbocycles. The Bertz CT molecular complexity index is 545. The van der Waals surface area contributed by atoms with Crippen molar-refractivity contribution >= 4 is 11.9 Å². The molecule has 0 spiro atoms. The molecule has 6 atom stereocenters. The topological polar surface area (TPSA) is 134 Å². The molecular weight excluding hydrogens is 512 g/mol. The Balaban J connectivity index is -0.000000260. The van der Waals surface area contributed by atoms with Gasteiger partial charge in [-0.25, -0.2) is 4.79 Å². The van der Waals surface area contributed by atoms with Crippen LogP contribution in [0.4, 0.5) is 0 Å². The average molecular weight is 579 g/mol. The third-order valence-corrected chi connectivity index (χ3v) is 7.14. The van der Waals surface area contributed by atoms with Gasteiger partial charge in [-0.3, -0.25) is 4.79 Å². The molecule has 8 nitrogen and oxygen atoms in total. The first-order valence-corrected chi connectivity index (χ1v) is 15.4. The van der Waals surface area contributed by atoms with Crippen molar-refractivity contribution in [1.29, 1.82) is 0 Å². The Labute approximate surface area is 246 Å². The van der Waals surface area contributed by atoms with E-state index in [0.717, 1.165) is 71.3 Å². The number of aliphatic hydroxyl groups is 4. The van der Waals surface area contributed by atoms with Crippen molar-refractivity contribution in [3.05, 3.63) is 12.7 Å². The number of aliphatic hydroxyl groups excluding tert-OH is 4. The van der Waals surface area contributed by atoms with Crippen molar-refractivity contribution in [3.63, 3.8) is 0 Å². The summed E-state index contributed by atoms with van der Waals surface area (Å²) >= 11 is 0. The van der Waals surface area contributed by atoms with Crippen LogP contribution >= 0.6 is 0 Å². The number of esters is 2. The molecule has 0 aromatic heterocycles. The lowest BCUT2D eigenvalue weighted by Gasteiger charge is -2.25. The molecule has 0 aliphatic carbocycles. The van der Waals surface area contributed by atoms with E-state index in [1.807, 2.05) is 0 Å². The summed E-state index contributed by atoms with van der Waals surface area (Å²) in [5.74, 6) is 0.840. The van der Waals surface area contributed by atoms with Crippen molar-refractivity contribution in [2.75, 3.05) is 27.4 Å². The van der Waals surface area contributed by atoms with Crippen LogP contribution in [0.2, 0.25) is 0 Å². The predicted molar refractivity (Wildman–Crippen MR) is 165 cm³/mol. The summed E-state index contributed by atoms with van der Waals surface area (Å²) in [6.45, 7) is 18.4. The monoisotopic (exact) mass is 578 g/mol. The van der Waals surface area contributed by atoms with Gasteiger partial charge >= 0.3 is 11.9 Å². The van der Waals surface area contributed by atoms with E-state index in [-0.39, 0.29) is 30.8 Å². The van der Waals surface area contributed by atoms with Gasteiger partial charge in [-0.05, 0) is 49.4 Å². The lowest BCUT2D eigenvalue weighted by Crippen LogP contribution is -2.24. The minimum Gasteiger partial charge on any atom is -0.469 e. The zero-order valence-electron chi connectivity index (χ0n) is 27.4. The molecule has 40 heavy (non-hydrogen) atoms. The molecule has 0 radical (unpaired) electrons. The van der Waals surface area contributed by atoms with Crippen molar-refractivity contribution in [3.8, 4) is 0 Å². The van der Waals surface area contributed by atoms with Crippen LogP contribution < -0.4 is 0 Å². The van der Waals surface area contributed by atoms with Crippen LogP contribution in [0.15, 0.2) is 12.7 Å². The molecule has 0 aromatic carbocycles. The zero-order chi connectivity index (χ0) is 31.9. The summed E-state index contributed by atoms with van der Waals surface area (Å²) in [5, 5.41) is 36.0. The maximum Gasteiger partial charge on any atom is 0.330 e. The second-order valence-electron chi connectivity index (χ2n) is 10.0. The molecule has 8 heteroatoms. The SMILES string of the molecule is C=CC(=O)OCC(CC)CC(CC)C(O)CCC.CCC(=O)OC.CCCC(O)C(CC)CC(CC)CO.CO. The summed E-state index contributed by atoms with van der Waals surface area (Å²) in [6, 6.07) is 0. The highest BCUT2D eigenvalue weighted by molar-refractivity contribution is 5.81. The molecule has 0 saturated heterocycles. The highest BCUT2D eigenvalue weighted by Crippen LogP contribution is 2.25. The molecule has 0 rings (SSSR count). The van der Waals surface area contributed by atoms with E-state index in [0.29, 0.717) is 36.7 Å². The van der Waals surface area contributed by atoms with Crippen LogP contribution in [-0.4, -0.2) is 72.0 Å². The molecule has 242 valence electrons. The number of hydrogen-bond donors (Lipinski definition) is 4. The van der Waals surface area contributed by atoms with Crippen LogP contribution in [0.3, 0.4) is 0 Å². The number of carbonyl (C=O) groups excluding carboxylic acids is 2. The number of rotatable bonds is 19. The third-order valence-electron chi connectivity index (χ3n) is 7.14. The van der Waals surface area contributed by atoms with Crippen LogP contribution in [0.1, 0.15) is 119 Å². The molecule has 0 aromatic rings. The highest BCUT2D eigenvalue weighted by atomic mass is 16.5. The van der Waals surface area contributed by atoms with Gasteiger partial charge in [-0.15, -0.1) is 0 Å². The number of hydrogen-bond acceptors (Lipinski definition) is 8. The van der Waals surface area contributed by atoms with E-state index in [2.05, 4.69) is 52.9 Å². The quantitative estimate of drug-likeness (QED) is 0.107. The standard InChI is InChI=1S/C15H28O3.C12H26O2.C4H8O2.CH4O/c1-5-9-14(16)13(7-3)10-12(6-2)11-18-15(17)8-4;1-4-7-12(14)11(6-3)8-10(5-2)9-13;1-3-4(5)6-2;1-2/h8,12-14,16H,4-7,9-11H2,1-3H3;10-14H,4-9H2,1-3H3;3H2,1-2H3;2H,1H3. The van der Waals surface area contributed by atoms with E-state index in [1.54, 1.807) is 6.92 Å². The molecule has 0 bridgehead atoms. The fraction of sp³-hybridized carbons (Fsp3) is 0.875. The summed E-state index contributed by atoms with van der Waals surface area (Å²) in [4.78, 5) is 21.0. The van der Waals surface area contributed by atoms with E-state index >= 15 is 0 Å². The molecule has 6 unspecified atom stereocenters. The molecule has 0 aliphatic heterocycles. The largest absolute Gasteiger partial charge is 0.469 e. The minimum atomic E-state index is -0.365. The fourth-order valence-corrected chi connectivity index (χ4v) is 4.24. The van der Waals surface area contributed by atoms with E-state index in [4.69, 9.17) is 14.9 Å². The molecule has 0 heterocycles. The van der Waals surface area contributed by atoms with Crippen LogP contribution in [-0.2, 0) is 19.1 Å². The normalized spacial score (nSPS) is 14.6. The van der Waals surface area contributed by atoms with E-state index in [1.165, 1.54) is 13.2 Å². The van der Waals surface area contributed by atoms with Crippen molar-refractivity contribution in [2.45, 2.75) is 131 Å². The first kappa shape index (κ1) is 45.5. The Morgan fingerprint density at radius 2 is 1.20 bits per heavy atom. The molecular formula is C32H66O8. The first-order valence-electron chi connectivity index (χ1n) is 15.4.